The van der Waals surface area contributed by atoms with Gasteiger partial charge in [-0.05, 0) is 42.3 Å². The Morgan fingerprint density at radius 2 is 2.00 bits per heavy atom. The van der Waals surface area contributed by atoms with Crippen LogP contribution in [-0.4, -0.2) is 23.3 Å². The second kappa shape index (κ2) is 8.56. The van der Waals surface area contributed by atoms with Gasteiger partial charge in [-0.25, -0.2) is 0 Å². The van der Waals surface area contributed by atoms with E-state index in [0.717, 1.165) is 21.9 Å². The van der Waals surface area contributed by atoms with Gasteiger partial charge in [0.1, 0.15) is 5.75 Å². The van der Waals surface area contributed by atoms with E-state index in [2.05, 4.69) is 30.1 Å². The fourth-order valence-corrected chi connectivity index (χ4v) is 4.69. The molecular weight excluding hydrogens is 364 g/mol. The summed E-state index contributed by atoms with van der Waals surface area (Å²) in [6.45, 7) is 2.14. The number of para-hydroxylation sites is 1. The standard InChI is InChI=1S/C20H22N2O2S2/c1-4-14-6-5-7-17-19(14)22(2)20(26-17)21-18(23)12-13-25-16-10-8-15(24-3)9-11-16/h5-11H,4,12-13H2,1-3H3. The fraction of sp³-hybridized carbons (Fsp3) is 0.300. The topological polar surface area (TPSA) is 43.6 Å². The molecule has 3 rings (SSSR count). The molecule has 0 saturated heterocycles. The molecule has 1 heterocycles. The lowest BCUT2D eigenvalue weighted by atomic mass is 10.1. The van der Waals surface area contributed by atoms with Crippen LogP contribution in [0.4, 0.5) is 0 Å². The minimum atomic E-state index is -0.0776. The van der Waals surface area contributed by atoms with Crippen molar-refractivity contribution >= 4 is 39.2 Å². The van der Waals surface area contributed by atoms with Gasteiger partial charge in [-0.15, -0.1) is 11.8 Å². The predicted molar refractivity (Wildman–Crippen MR) is 109 cm³/mol. The first kappa shape index (κ1) is 18.7. The van der Waals surface area contributed by atoms with E-state index >= 15 is 0 Å². The summed E-state index contributed by atoms with van der Waals surface area (Å²) in [5.41, 5.74) is 2.46. The summed E-state index contributed by atoms with van der Waals surface area (Å²) in [4.78, 5) is 18.5. The number of methoxy groups -OCH3 is 1. The number of hydrogen-bond acceptors (Lipinski definition) is 4. The van der Waals surface area contributed by atoms with Crippen molar-refractivity contribution in [1.29, 1.82) is 0 Å². The number of carbonyl (C=O) groups excluding carboxylic acids is 1. The highest BCUT2D eigenvalue weighted by molar-refractivity contribution is 7.99. The Hall–Kier alpha value is -2.05. The van der Waals surface area contributed by atoms with Crippen LogP contribution in [0.3, 0.4) is 0 Å². The first-order valence-electron chi connectivity index (χ1n) is 8.54. The Morgan fingerprint density at radius 3 is 2.69 bits per heavy atom. The molecule has 0 aliphatic heterocycles. The quantitative estimate of drug-likeness (QED) is 0.589. The van der Waals surface area contributed by atoms with Gasteiger partial charge in [0.15, 0.2) is 4.80 Å². The number of benzene rings is 2. The van der Waals surface area contributed by atoms with Crippen molar-refractivity contribution in [2.75, 3.05) is 12.9 Å². The number of fused-ring (bicyclic) bond motifs is 1. The molecule has 0 radical (unpaired) electrons. The zero-order valence-electron chi connectivity index (χ0n) is 15.2. The molecule has 1 amide bonds. The molecule has 0 unspecified atom stereocenters. The third kappa shape index (κ3) is 4.19. The number of ether oxygens (including phenoxy) is 1. The third-order valence-corrected chi connectivity index (χ3v) is 6.26. The molecule has 0 bridgehead atoms. The van der Waals surface area contributed by atoms with Crippen LogP contribution in [0.1, 0.15) is 18.9 Å². The van der Waals surface area contributed by atoms with Crippen LogP contribution in [0, 0.1) is 0 Å². The average Bonchev–Trinajstić information content (AvgIpc) is 2.98. The summed E-state index contributed by atoms with van der Waals surface area (Å²) in [5, 5.41) is 0. The third-order valence-electron chi connectivity index (χ3n) is 4.15. The lowest BCUT2D eigenvalue weighted by Gasteiger charge is -2.02. The zero-order chi connectivity index (χ0) is 18.5. The molecule has 0 atom stereocenters. The van der Waals surface area contributed by atoms with Crippen LogP contribution in [0.25, 0.3) is 10.2 Å². The zero-order valence-corrected chi connectivity index (χ0v) is 16.8. The Kier molecular flexibility index (Phi) is 6.16. The summed E-state index contributed by atoms with van der Waals surface area (Å²) >= 11 is 3.22. The van der Waals surface area contributed by atoms with Gasteiger partial charge in [0.25, 0.3) is 0 Å². The van der Waals surface area contributed by atoms with Gasteiger partial charge in [-0.1, -0.05) is 30.4 Å². The van der Waals surface area contributed by atoms with E-state index in [-0.39, 0.29) is 5.91 Å². The van der Waals surface area contributed by atoms with Crippen molar-refractivity contribution in [3.05, 3.63) is 52.8 Å². The lowest BCUT2D eigenvalue weighted by Crippen LogP contribution is -2.14. The second-order valence-corrected chi connectivity index (χ2v) is 8.02. The average molecular weight is 387 g/mol. The van der Waals surface area contributed by atoms with Crippen molar-refractivity contribution in [1.82, 2.24) is 4.57 Å². The summed E-state index contributed by atoms with van der Waals surface area (Å²) in [6.07, 6.45) is 1.39. The number of thiazole rings is 1. The van der Waals surface area contributed by atoms with Crippen molar-refractivity contribution in [3.63, 3.8) is 0 Å². The number of thioether (sulfide) groups is 1. The normalized spacial score (nSPS) is 11.9. The van der Waals surface area contributed by atoms with E-state index in [0.29, 0.717) is 12.2 Å². The van der Waals surface area contributed by atoms with Gasteiger partial charge in [0.2, 0.25) is 5.91 Å². The molecule has 0 N–H and O–H groups in total. The molecule has 26 heavy (non-hydrogen) atoms. The number of aromatic nitrogens is 1. The molecule has 1 aromatic heterocycles. The predicted octanol–water partition coefficient (Wildman–Crippen LogP) is 4.42. The minimum absolute atomic E-state index is 0.0776. The van der Waals surface area contributed by atoms with Crippen LogP contribution in [-0.2, 0) is 18.3 Å². The van der Waals surface area contributed by atoms with E-state index in [1.807, 2.05) is 35.9 Å². The molecule has 0 spiro atoms. The molecule has 0 saturated carbocycles. The Labute approximate surface area is 161 Å². The maximum atomic E-state index is 12.3. The lowest BCUT2D eigenvalue weighted by molar-refractivity contribution is -0.117. The number of carbonyl (C=O) groups is 1. The van der Waals surface area contributed by atoms with Gasteiger partial charge >= 0.3 is 0 Å². The van der Waals surface area contributed by atoms with Crippen LogP contribution >= 0.6 is 23.1 Å². The maximum absolute atomic E-state index is 12.3. The molecular formula is C20H22N2O2S2. The molecule has 136 valence electrons. The van der Waals surface area contributed by atoms with E-state index in [9.17, 15) is 4.79 Å². The van der Waals surface area contributed by atoms with E-state index in [1.165, 1.54) is 15.8 Å². The van der Waals surface area contributed by atoms with Crippen LogP contribution < -0.4 is 9.54 Å². The molecule has 0 aliphatic carbocycles. The van der Waals surface area contributed by atoms with Gasteiger partial charge < -0.3 is 9.30 Å². The molecule has 4 nitrogen and oxygen atoms in total. The number of rotatable bonds is 6. The van der Waals surface area contributed by atoms with Gasteiger partial charge in [-0.2, -0.15) is 4.99 Å². The van der Waals surface area contributed by atoms with Gasteiger partial charge in [0.05, 0.1) is 17.3 Å². The van der Waals surface area contributed by atoms with Crippen molar-refractivity contribution < 1.29 is 9.53 Å². The molecule has 0 fully saturated rings. The Morgan fingerprint density at radius 1 is 1.23 bits per heavy atom. The van der Waals surface area contributed by atoms with Crippen molar-refractivity contribution in [2.24, 2.45) is 12.0 Å². The summed E-state index contributed by atoms with van der Waals surface area (Å²) in [5.74, 6) is 1.47. The van der Waals surface area contributed by atoms with E-state index in [4.69, 9.17) is 4.74 Å². The van der Waals surface area contributed by atoms with Crippen LogP contribution in [0.2, 0.25) is 0 Å². The highest BCUT2D eigenvalue weighted by atomic mass is 32.2. The van der Waals surface area contributed by atoms with E-state index < -0.39 is 0 Å². The Bertz CT molecular complexity index is 972. The number of amides is 1. The summed E-state index contributed by atoms with van der Waals surface area (Å²) in [7, 11) is 3.63. The highest BCUT2D eigenvalue weighted by Crippen LogP contribution is 2.23. The second-order valence-electron chi connectivity index (χ2n) is 5.84. The monoisotopic (exact) mass is 386 g/mol. The first-order chi connectivity index (χ1) is 12.6. The highest BCUT2D eigenvalue weighted by Gasteiger charge is 2.08. The minimum Gasteiger partial charge on any atom is -0.497 e. The summed E-state index contributed by atoms with van der Waals surface area (Å²) in [6, 6.07) is 14.1. The number of hydrogen-bond donors (Lipinski definition) is 0. The summed E-state index contributed by atoms with van der Waals surface area (Å²) < 4.78 is 8.36. The maximum Gasteiger partial charge on any atom is 0.249 e. The molecule has 3 aromatic rings. The molecule has 0 aliphatic rings. The van der Waals surface area contributed by atoms with Crippen LogP contribution in [0.15, 0.2) is 52.4 Å². The SMILES string of the molecule is CCc1cccc2sc(=NC(=O)CCSc3ccc(OC)cc3)n(C)c12. The molecule has 2 aromatic carbocycles. The number of aryl methyl sites for hydroxylation is 2. The molecule has 6 heteroatoms. The largest absolute Gasteiger partial charge is 0.497 e. The Balaban J connectivity index is 1.68. The van der Waals surface area contributed by atoms with Crippen molar-refractivity contribution in [3.8, 4) is 5.75 Å². The fourth-order valence-electron chi connectivity index (χ4n) is 2.77. The van der Waals surface area contributed by atoms with E-state index in [1.54, 1.807) is 30.2 Å². The van der Waals surface area contributed by atoms with Gasteiger partial charge in [-0.3, -0.25) is 4.79 Å². The number of nitrogens with zero attached hydrogens (tertiary/aromatic N) is 2. The van der Waals surface area contributed by atoms with Crippen molar-refractivity contribution in [2.45, 2.75) is 24.7 Å². The van der Waals surface area contributed by atoms with Crippen LogP contribution in [0.5, 0.6) is 5.75 Å². The smallest absolute Gasteiger partial charge is 0.249 e. The van der Waals surface area contributed by atoms with Gasteiger partial charge in [0, 0.05) is 24.1 Å². The first-order valence-corrected chi connectivity index (χ1v) is 10.3.